The molecule has 0 aliphatic carbocycles. The van der Waals surface area contributed by atoms with Gasteiger partial charge in [0.1, 0.15) is 0 Å². The van der Waals surface area contributed by atoms with E-state index in [-0.39, 0.29) is 35.2 Å². The molecule has 1 N–H and O–H groups in total. The van der Waals surface area contributed by atoms with E-state index in [1.54, 1.807) is 12.1 Å². The average Bonchev–Trinajstić information content (AvgIpc) is 3.04. The molecule has 3 rings (SSSR count). The van der Waals surface area contributed by atoms with Crippen LogP contribution in [0.1, 0.15) is 50.4 Å². The van der Waals surface area contributed by atoms with E-state index in [1.165, 1.54) is 0 Å². The summed E-state index contributed by atoms with van der Waals surface area (Å²) in [6, 6.07) is 9.26. The number of likely N-dealkylation sites (tertiary alicyclic amines) is 2. The normalized spacial score (nSPS) is 21.4. The predicted molar refractivity (Wildman–Crippen MR) is 103 cm³/mol. The molecule has 2 saturated heterocycles. The Hall–Kier alpha value is -2.37. The second-order valence-electron chi connectivity index (χ2n) is 8.52. The van der Waals surface area contributed by atoms with E-state index in [1.807, 2.05) is 48.8 Å². The Morgan fingerprint density at radius 2 is 1.70 bits per heavy atom. The van der Waals surface area contributed by atoms with E-state index in [0.29, 0.717) is 31.6 Å². The van der Waals surface area contributed by atoms with Crippen LogP contribution in [0.5, 0.6) is 0 Å². The molecule has 146 valence electrons. The Morgan fingerprint density at radius 1 is 1.07 bits per heavy atom. The summed E-state index contributed by atoms with van der Waals surface area (Å²) in [6.45, 7) is 7.75. The molecular weight excluding hydrogens is 342 g/mol. The van der Waals surface area contributed by atoms with Crippen molar-refractivity contribution < 1.29 is 14.4 Å². The number of nitrogens with one attached hydrogen (secondary N) is 1. The maximum absolute atomic E-state index is 12.8. The summed E-state index contributed by atoms with van der Waals surface area (Å²) in [5.41, 5.74) is 0.406. The Bertz CT molecular complexity index is 703. The Balaban J connectivity index is 1.50. The molecule has 6 nitrogen and oxygen atoms in total. The van der Waals surface area contributed by atoms with Gasteiger partial charge < -0.3 is 15.1 Å². The maximum atomic E-state index is 12.8. The minimum atomic E-state index is -0.249. The molecule has 2 aliphatic rings. The maximum Gasteiger partial charge on any atom is 0.251 e. The van der Waals surface area contributed by atoms with Gasteiger partial charge in [0.25, 0.3) is 5.91 Å². The highest BCUT2D eigenvalue weighted by Gasteiger charge is 2.41. The van der Waals surface area contributed by atoms with Gasteiger partial charge in [-0.1, -0.05) is 18.2 Å². The molecule has 3 amide bonds. The molecule has 2 heterocycles. The lowest BCUT2D eigenvalue weighted by Gasteiger charge is -2.35. The number of benzene rings is 1. The fourth-order valence-corrected chi connectivity index (χ4v) is 3.88. The molecule has 27 heavy (non-hydrogen) atoms. The third-order valence-electron chi connectivity index (χ3n) is 5.46. The fourth-order valence-electron chi connectivity index (χ4n) is 3.88. The lowest BCUT2D eigenvalue weighted by Crippen LogP contribution is -2.48. The van der Waals surface area contributed by atoms with Crippen LogP contribution in [0.2, 0.25) is 0 Å². The smallest absolute Gasteiger partial charge is 0.251 e. The van der Waals surface area contributed by atoms with Crippen LogP contribution in [0, 0.1) is 5.92 Å². The molecule has 1 aromatic carbocycles. The lowest BCUT2D eigenvalue weighted by molar-refractivity contribution is -0.136. The first-order valence-electron chi connectivity index (χ1n) is 9.71. The number of piperidine rings is 1. The van der Waals surface area contributed by atoms with E-state index >= 15 is 0 Å². The van der Waals surface area contributed by atoms with Gasteiger partial charge in [-0.15, -0.1) is 0 Å². The van der Waals surface area contributed by atoms with Crippen LogP contribution >= 0.6 is 0 Å². The van der Waals surface area contributed by atoms with Gasteiger partial charge in [-0.3, -0.25) is 14.4 Å². The van der Waals surface area contributed by atoms with Crippen LogP contribution in [0.4, 0.5) is 0 Å². The molecule has 0 bridgehead atoms. The van der Waals surface area contributed by atoms with Gasteiger partial charge in [0.15, 0.2) is 0 Å². The second-order valence-corrected chi connectivity index (χ2v) is 8.52. The summed E-state index contributed by atoms with van der Waals surface area (Å²) in [5.74, 6) is -0.177. The predicted octanol–water partition coefficient (Wildman–Crippen LogP) is 2.05. The van der Waals surface area contributed by atoms with E-state index in [4.69, 9.17) is 0 Å². The highest BCUT2D eigenvalue weighted by atomic mass is 16.2. The number of nitrogens with zero attached hydrogens (tertiary/aromatic N) is 2. The molecule has 1 aromatic rings. The summed E-state index contributed by atoms with van der Waals surface area (Å²) in [4.78, 5) is 41.0. The Morgan fingerprint density at radius 3 is 2.26 bits per heavy atom. The molecule has 0 saturated carbocycles. The number of amides is 3. The average molecular weight is 371 g/mol. The highest BCUT2D eigenvalue weighted by molar-refractivity contribution is 5.94. The monoisotopic (exact) mass is 371 g/mol. The second kappa shape index (κ2) is 7.71. The van der Waals surface area contributed by atoms with E-state index < -0.39 is 0 Å². The van der Waals surface area contributed by atoms with Gasteiger partial charge in [0, 0.05) is 43.2 Å². The van der Waals surface area contributed by atoms with Gasteiger partial charge in [0.05, 0.1) is 5.92 Å². The van der Waals surface area contributed by atoms with Gasteiger partial charge in [-0.2, -0.15) is 0 Å². The summed E-state index contributed by atoms with van der Waals surface area (Å²) in [5, 5.41) is 3.06. The molecule has 1 unspecified atom stereocenters. The van der Waals surface area contributed by atoms with Crippen LogP contribution in [0.25, 0.3) is 0 Å². The van der Waals surface area contributed by atoms with Crippen molar-refractivity contribution in [2.75, 3.05) is 19.6 Å². The van der Waals surface area contributed by atoms with Crippen molar-refractivity contribution in [2.45, 2.75) is 51.6 Å². The largest absolute Gasteiger partial charge is 0.349 e. The molecule has 1 atom stereocenters. The van der Waals surface area contributed by atoms with E-state index in [0.717, 1.165) is 12.8 Å². The molecule has 0 aromatic heterocycles. The number of carbonyl (C=O) groups excluding carboxylic acids is 3. The molecule has 6 heteroatoms. The number of hydrogen-bond acceptors (Lipinski definition) is 3. The van der Waals surface area contributed by atoms with Crippen molar-refractivity contribution in [3.05, 3.63) is 35.9 Å². The lowest BCUT2D eigenvalue weighted by atomic mass is 10.0. The number of hydrogen-bond donors (Lipinski definition) is 1. The first-order valence-corrected chi connectivity index (χ1v) is 9.71. The zero-order valence-electron chi connectivity index (χ0n) is 16.4. The zero-order chi connectivity index (χ0) is 19.6. The minimum absolute atomic E-state index is 0.0610. The van der Waals surface area contributed by atoms with Gasteiger partial charge in [0.2, 0.25) is 11.8 Å². The molecule has 2 aliphatic heterocycles. The minimum Gasteiger partial charge on any atom is -0.349 e. The summed E-state index contributed by atoms with van der Waals surface area (Å²) in [6.07, 6.45) is 1.79. The van der Waals surface area contributed by atoms with Crippen LogP contribution in [0.3, 0.4) is 0 Å². The van der Waals surface area contributed by atoms with Crippen molar-refractivity contribution in [3.63, 3.8) is 0 Å². The summed E-state index contributed by atoms with van der Waals surface area (Å²) >= 11 is 0. The van der Waals surface area contributed by atoms with Crippen molar-refractivity contribution >= 4 is 17.7 Å². The van der Waals surface area contributed by atoms with Crippen LogP contribution in [-0.2, 0) is 9.59 Å². The van der Waals surface area contributed by atoms with Crippen molar-refractivity contribution in [1.29, 1.82) is 0 Å². The van der Waals surface area contributed by atoms with Crippen LogP contribution in [-0.4, -0.2) is 58.7 Å². The van der Waals surface area contributed by atoms with Gasteiger partial charge >= 0.3 is 0 Å². The Labute approximate surface area is 160 Å². The molecule has 2 fully saturated rings. The van der Waals surface area contributed by atoms with Gasteiger partial charge in [-0.25, -0.2) is 0 Å². The zero-order valence-corrected chi connectivity index (χ0v) is 16.4. The standard InChI is InChI=1S/C21H29N3O3/c1-21(2,3)24-14-16(13-18(24)25)20(27)23-11-9-17(10-12-23)22-19(26)15-7-5-4-6-8-15/h4-8,16-17H,9-14H2,1-3H3,(H,22,26). The van der Waals surface area contributed by atoms with Crippen molar-refractivity contribution in [1.82, 2.24) is 15.1 Å². The first-order chi connectivity index (χ1) is 12.8. The van der Waals surface area contributed by atoms with E-state index in [2.05, 4.69) is 5.32 Å². The van der Waals surface area contributed by atoms with Crippen LogP contribution < -0.4 is 5.32 Å². The summed E-state index contributed by atoms with van der Waals surface area (Å²) in [7, 11) is 0. The quantitative estimate of drug-likeness (QED) is 0.884. The molecular formula is C21H29N3O3. The number of carbonyl (C=O) groups is 3. The molecule has 0 radical (unpaired) electrons. The van der Waals surface area contributed by atoms with E-state index in [9.17, 15) is 14.4 Å². The van der Waals surface area contributed by atoms with Gasteiger partial charge in [-0.05, 0) is 45.7 Å². The Kier molecular flexibility index (Phi) is 5.53. The molecule has 0 spiro atoms. The number of rotatable bonds is 3. The van der Waals surface area contributed by atoms with Crippen molar-refractivity contribution in [2.24, 2.45) is 5.92 Å². The van der Waals surface area contributed by atoms with Crippen LogP contribution in [0.15, 0.2) is 30.3 Å². The summed E-state index contributed by atoms with van der Waals surface area (Å²) < 4.78 is 0. The third-order valence-corrected chi connectivity index (χ3v) is 5.46. The van der Waals surface area contributed by atoms with Crippen molar-refractivity contribution in [3.8, 4) is 0 Å². The first kappa shape index (κ1) is 19.4. The topological polar surface area (TPSA) is 69.7 Å². The highest BCUT2D eigenvalue weighted by Crippen LogP contribution is 2.28. The third kappa shape index (κ3) is 4.49. The fraction of sp³-hybridized carbons (Fsp3) is 0.571. The SMILES string of the molecule is CC(C)(C)N1CC(C(=O)N2CCC(NC(=O)c3ccccc3)CC2)CC1=O.